The van der Waals surface area contributed by atoms with E-state index in [9.17, 15) is 4.79 Å². The standard InChI is InChI=1S/C11H13BrN2O/c12-8-5-4-7-2-1-3-9(11(13)15)14-10(7)6-8/h4-6,9,14H,1-3H2,(H2,13,15). The number of carbonyl (C=O) groups is 1. The first-order valence-corrected chi connectivity index (χ1v) is 5.80. The fraction of sp³-hybridized carbons (Fsp3) is 0.364. The van der Waals surface area contributed by atoms with Crippen molar-refractivity contribution >= 4 is 27.5 Å². The number of benzene rings is 1. The largest absolute Gasteiger partial charge is 0.373 e. The molecule has 3 nitrogen and oxygen atoms in total. The molecule has 1 aliphatic rings. The normalized spacial score (nSPS) is 19.9. The van der Waals surface area contributed by atoms with Crippen molar-refractivity contribution in [2.75, 3.05) is 5.32 Å². The van der Waals surface area contributed by atoms with Gasteiger partial charge < -0.3 is 11.1 Å². The van der Waals surface area contributed by atoms with Crippen molar-refractivity contribution < 1.29 is 4.79 Å². The van der Waals surface area contributed by atoms with E-state index in [2.05, 4.69) is 27.3 Å². The Bertz CT molecular complexity index is 392. The van der Waals surface area contributed by atoms with Crippen molar-refractivity contribution in [1.29, 1.82) is 0 Å². The van der Waals surface area contributed by atoms with E-state index in [1.54, 1.807) is 0 Å². The zero-order chi connectivity index (χ0) is 10.8. The number of hydrogen-bond acceptors (Lipinski definition) is 2. The lowest BCUT2D eigenvalue weighted by Crippen LogP contribution is -2.34. The molecule has 1 aliphatic heterocycles. The zero-order valence-electron chi connectivity index (χ0n) is 8.29. The first-order chi connectivity index (χ1) is 7.16. The molecule has 0 saturated heterocycles. The number of anilines is 1. The van der Waals surface area contributed by atoms with Crippen LogP contribution in [0.3, 0.4) is 0 Å². The maximum absolute atomic E-state index is 11.1. The van der Waals surface area contributed by atoms with Gasteiger partial charge in [0, 0.05) is 10.2 Å². The molecule has 1 aromatic carbocycles. The number of hydrogen-bond donors (Lipinski definition) is 2. The van der Waals surface area contributed by atoms with E-state index < -0.39 is 0 Å². The predicted molar refractivity (Wildman–Crippen MR) is 63.7 cm³/mol. The summed E-state index contributed by atoms with van der Waals surface area (Å²) in [7, 11) is 0. The molecule has 1 amide bonds. The van der Waals surface area contributed by atoms with Gasteiger partial charge in [-0.05, 0) is 37.0 Å². The summed E-state index contributed by atoms with van der Waals surface area (Å²) in [5.41, 5.74) is 7.59. The molecule has 1 unspecified atom stereocenters. The van der Waals surface area contributed by atoms with Gasteiger partial charge in [0.2, 0.25) is 5.91 Å². The maximum Gasteiger partial charge on any atom is 0.239 e. The third-order valence-corrected chi connectivity index (χ3v) is 3.18. The van der Waals surface area contributed by atoms with Gasteiger partial charge in [0.25, 0.3) is 0 Å². The molecule has 0 fully saturated rings. The average molecular weight is 269 g/mol. The molecular formula is C11H13BrN2O. The number of aryl methyl sites for hydroxylation is 1. The third kappa shape index (κ3) is 2.31. The molecule has 0 aliphatic carbocycles. The van der Waals surface area contributed by atoms with Crippen molar-refractivity contribution in [3.63, 3.8) is 0 Å². The van der Waals surface area contributed by atoms with Crippen molar-refractivity contribution in [3.05, 3.63) is 28.2 Å². The van der Waals surface area contributed by atoms with Gasteiger partial charge in [-0.3, -0.25) is 4.79 Å². The summed E-state index contributed by atoms with van der Waals surface area (Å²) in [5, 5.41) is 3.20. The number of amides is 1. The first kappa shape index (κ1) is 10.5. The third-order valence-electron chi connectivity index (χ3n) is 2.68. The summed E-state index contributed by atoms with van der Waals surface area (Å²) >= 11 is 3.42. The fourth-order valence-corrected chi connectivity index (χ4v) is 2.23. The van der Waals surface area contributed by atoms with E-state index in [0.717, 1.165) is 29.4 Å². The van der Waals surface area contributed by atoms with Crippen molar-refractivity contribution in [1.82, 2.24) is 0 Å². The van der Waals surface area contributed by atoms with Crippen LogP contribution >= 0.6 is 15.9 Å². The lowest BCUT2D eigenvalue weighted by molar-refractivity contribution is -0.118. The van der Waals surface area contributed by atoms with Crippen LogP contribution in [0.5, 0.6) is 0 Å². The van der Waals surface area contributed by atoms with E-state index >= 15 is 0 Å². The van der Waals surface area contributed by atoms with Crippen LogP contribution < -0.4 is 11.1 Å². The van der Waals surface area contributed by atoms with Gasteiger partial charge in [-0.25, -0.2) is 0 Å². The van der Waals surface area contributed by atoms with Crippen LogP contribution in [0, 0.1) is 0 Å². The molecule has 80 valence electrons. The SMILES string of the molecule is NC(=O)C1CCCc2ccc(Br)cc2N1. The Balaban J connectivity index is 2.31. The number of nitrogens with one attached hydrogen (secondary N) is 1. The van der Waals surface area contributed by atoms with Crippen LogP contribution in [0.15, 0.2) is 22.7 Å². The molecule has 0 saturated carbocycles. The van der Waals surface area contributed by atoms with E-state index in [0.29, 0.717) is 0 Å². The second-order valence-electron chi connectivity index (χ2n) is 3.79. The Hall–Kier alpha value is -1.03. The van der Waals surface area contributed by atoms with Gasteiger partial charge in [-0.15, -0.1) is 0 Å². The molecule has 0 spiro atoms. The Morgan fingerprint density at radius 3 is 3.07 bits per heavy atom. The average Bonchev–Trinajstić information content (AvgIpc) is 2.39. The van der Waals surface area contributed by atoms with Crippen LogP contribution in [0.2, 0.25) is 0 Å². The molecule has 0 aromatic heterocycles. The molecule has 15 heavy (non-hydrogen) atoms. The first-order valence-electron chi connectivity index (χ1n) is 5.01. The van der Waals surface area contributed by atoms with Crippen LogP contribution in [0.25, 0.3) is 0 Å². The summed E-state index contributed by atoms with van der Waals surface area (Å²) in [4.78, 5) is 11.1. The highest BCUT2D eigenvalue weighted by atomic mass is 79.9. The van der Waals surface area contributed by atoms with Gasteiger partial charge in [0.1, 0.15) is 6.04 Å². The van der Waals surface area contributed by atoms with Crippen LogP contribution in [-0.4, -0.2) is 11.9 Å². The molecule has 1 aromatic rings. The summed E-state index contributed by atoms with van der Waals surface area (Å²) < 4.78 is 1.01. The Morgan fingerprint density at radius 1 is 1.53 bits per heavy atom. The molecule has 1 heterocycles. The Labute approximate surface area is 97.2 Å². The number of carbonyl (C=O) groups excluding carboxylic acids is 1. The molecule has 0 bridgehead atoms. The molecular weight excluding hydrogens is 256 g/mol. The summed E-state index contributed by atoms with van der Waals surface area (Å²) in [5.74, 6) is -0.275. The Kier molecular flexibility index (Phi) is 2.95. The van der Waals surface area contributed by atoms with Crippen molar-refractivity contribution in [3.8, 4) is 0 Å². The number of fused-ring (bicyclic) bond motifs is 1. The smallest absolute Gasteiger partial charge is 0.239 e. The number of primary amides is 1. The van der Waals surface area contributed by atoms with E-state index in [-0.39, 0.29) is 11.9 Å². The van der Waals surface area contributed by atoms with Crippen LogP contribution in [-0.2, 0) is 11.2 Å². The molecule has 2 rings (SSSR count). The predicted octanol–water partition coefficient (Wildman–Crippen LogP) is 2.05. The second-order valence-corrected chi connectivity index (χ2v) is 4.71. The van der Waals surface area contributed by atoms with Gasteiger partial charge in [0.05, 0.1) is 0 Å². The highest BCUT2D eigenvalue weighted by Crippen LogP contribution is 2.27. The summed E-state index contributed by atoms with van der Waals surface area (Å²) in [6.07, 6.45) is 2.80. The second kappa shape index (κ2) is 4.23. The number of nitrogens with two attached hydrogens (primary N) is 1. The number of rotatable bonds is 1. The monoisotopic (exact) mass is 268 g/mol. The van der Waals surface area contributed by atoms with E-state index in [1.165, 1.54) is 5.56 Å². The molecule has 3 N–H and O–H groups in total. The van der Waals surface area contributed by atoms with E-state index in [4.69, 9.17) is 5.73 Å². The van der Waals surface area contributed by atoms with Crippen molar-refractivity contribution in [2.45, 2.75) is 25.3 Å². The van der Waals surface area contributed by atoms with Gasteiger partial charge >= 0.3 is 0 Å². The quantitative estimate of drug-likeness (QED) is 0.819. The molecule has 1 atom stereocenters. The van der Waals surface area contributed by atoms with E-state index in [1.807, 2.05) is 12.1 Å². The topological polar surface area (TPSA) is 55.1 Å². The highest BCUT2D eigenvalue weighted by molar-refractivity contribution is 9.10. The minimum absolute atomic E-state index is 0.236. The van der Waals surface area contributed by atoms with Gasteiger partial charge in [-0.2, -0.15) is 0 Å². The van der Waals surface area contributed by atoms with Gasteiger partial charge in [0.15, 0.2) is 0 Å². The molecule has 0 radical (unpaired) electrons. The lowest BCUT2D eigenvalue weighted by Gasteiger charge is -2.14. The highest BCUT2D eigenvalue weighted by Gasteiger charge is 2.19. The van der Waals surface area contributed by atoms with Crippen molar-refractivity contribution in [2.24, 2.45) is 5.73 Å². The Morgan fingerprint density at radius 2 is 2.33 bits per heavy atom. The van der Waals surface area contributed by atoms with Crippen LogP contribution in [0.4, 0.5) is 5.69 Å². The minimum Gasteiger partial charge on any atom is -0.373 e. The summed E-state index contributed by atoms with van der Waals surface area (Å²) in [6, 6.07) is 5.86. The lowest BCUT2D eigenvalue weighted by atomic mass is 10.1. The number of halogens is 1. The fourth-order valence-electron chi connectivity index (χ4n) is 1.87. The zero-order valence-corrected chi connectivity index (χ0v) is 9.88. The summed E-state index contributed by atoms with van der Waals surface area (Å²) in [6.45, 7) is 0. The molecule has 4 heteroatoms. The van der Waals surface area contributed by atoms with Crippen LogP contribution in [0.1, 0.15) is 18.4 Å². The van der Waals surface area contributed by atoms with Gasteiger partial charge in [-0.1, -0.05) is 22.0 Å². The minimum atomic E-state index is -0.275. The maximum atomic E-state index is 11.1.